The van der Waals surface area contributed by atoms with Crippen LogP contribution < -0.4 is 10.2 Å². The Bertz CT molecular complexity index is 1040. The van der Waals surface area contributed by atoms with E-state index in [2.05, 4.69) is 11.4 Å². The van der Waals surface area contributed by atoms with Crippen molar-refractivity contribution in [3.05, 3.63) is 107 Å². The number of benzene rings is 3. The number of amides is 2. The zero-order valence-corrected chi connectivity index (χ0v) is 18.0. The Labute approximate surface area is 184 Å². The molecule has 3 rings (SSSR count). The number of carbonyl (C=O) groups is 2. The lowest BCUT2D eigenvalue weighted by molar-refractivity contribution is -0.120. The maximum Gasteiger partial charge on any atom is 0.251 e. The highest BCUT2D eigenvalue weighted by atomic mass is 16.2. The standard InChI is InChI=1S/C27H28N2O2/c1-3-28-26(30)19-23-12-15-25(16-13-23)29(20-24-11-7-8-21(2)18-24)27(31)17-14-22-9-5-4-6-10-22/h4-18H,3,19-20H2,1-2H3,(H,28,30). The van der Waals surface area contributed by atoms with Crippen LogP contribution in [0.1, 0.15) is 29.2 Å². The van der Waals surface area contributed by atoms with Crippen LogP contribution in [-0.2, 0) is 22.6 Å². The molecule has 4 heteroatoms. The highest BCUT2D eigenvalue weighted by molar-refractivity contribution is 6.03. The van der Waals surface area contributed by atoms with E-state index in [-0.39, 0.29) is 11.8 Å². The molecule has 0 unspecified atom stereocenters. The molecule has 1 N–H and O–H groups in total. The highest BCUT2D eigenvalue weighted by Gasteiger charge is 2.15. The smallest absolute Gasteiger partial charge is 0.251 e. The summed E-state index contributed by atoms with van der Waals surface area (Å²) < 4.78 is 0. The van der Waals surface area contributed by atoms with E-state index in [0.29, 0.717) is 19.5 Å². The number of nitrogens with one attached hydrogen (secondary N) is 1. The van der Waals surface area contributed by atoms with Gasteiger partial charge in [-0.2, -0.15) is 0 Å². The second kappa shape index (κ2) is 10.9. The largest absolute Gasteiger partial charge is 0.356 e. The SMILES string of the molecule is CCNC(=O)Cc1ccc(N(Cc2cccc(C)c2)C(=O)C=Cc2ccccc2)cc1. The molecule has 0 aliphatic rings. The minimum absolute atomic E-state index is 0.00580. The van der Waals surface area contributed by atoms with E-state index in [4.69, 9.17) is 0 Å². The van der Waals surface area contributed by atoms with Crippen molar-refractivity contribution in [1.82, 2.24) is 5.32 Å². The van der Waals surface area contributed by atoms with Crippen molar-refractivity contribution in [1.29, 1.82) is 0 Å². The van der Waals surface area contributed by atoms with E-state index in [1.54, 1.807) is 11.0 Å². The van der Waals surface area contributed by atoms with Crippen molar-refractivity contribution < 1.29 is 9.59 Å². The summed E-state index contributed by atoms with van der Waals surface area (Å²) in [6.07, 6.45) is 3.76. The van der Waals surface area contributed by atoms with Gasteiger partial charge in [-0.15, -0.1) is 0 Å². The molecule has 2 amide bonds. The Morgan fingerprint density at radius 2 is 1.65 bits per heavy atom. The molecule has 0 heterocycles. The van der Waals surface area contributed by atoms with Gasteiger partial charge in [0.05, 0.1) is 13.0 Å². The minimum atomic E-state index is -0.0955. The third kappa shape index (κ3) is 6.68. The lowest BCUT2D eigenvalue weighted by Gasteiger charge is -2.22. The van der Waals surface area contributed by atoms with E-state index in [1.165, 1.54) is 0 Å². The number of aryl methyl sites for hydroxylation is 1. The summed E-state index contributed by atoms with van der Waals surface area (Å²) in [5.74, 6) is -0.101. The monoisotopic (exact) mass is 412 g/mol. The summed E-state index contributed by atoms with van der Waals surface area (Å²) in [7, 11) is 0. The Morgan fingerprint density at radius 1 is 0.903 bits per heavy atom. The van der Waals surface area contributed by atoms with Crippen LogP contribution in [-0.4, -0.2) is 18.4 Å². The Balaban J connectivity index is 1.83. The molecule has 0 saturated heterocycles. The van der Waals surface area contributed by atoms with Gasteiger partial charge in [-0.1, -0.05) is 72.3 Å². The van der Waals surface area contributed by atoms with Crippen LogP contribution in [0.25, 0.3) is 6.08 Å². The molecule has 31 heavy (non-hydrogen) atoms. The van der Waals surface area contributed by atoms with Gasteiger partial charge < -0.3 is 10.2 Å². The second-order valence-corrected chi connectivity index (χ2v) is 7.45. The van der Waals surface area contributed by atoms with Crippen LogP contribution in [0.2, 0.25) is 0 Å². The average molecular weight is 413 g/mol. The number of likely N-dealkylation sites (N-methyl/N-ethyl adjacent to an activating group) is 1. The normalized spacial score (nSPS) is 10.8. The summed E-state index contributed by atoms with van der Waals surface area (Å²) in [5.41, 5.74) is 4.90. The van der Waals surface area contributed by atoms with Crippen LogP contribution in [0.15, 0.2) is 84.9 Å². The van der Waals surface area contributed by atoms with Crippen LogP contribution in [0.3, 0.4) is 0 Å². The average Bonchev–Trinajstić information content (AvgIpc) is 2.77. The fraction of sp³-hybridized carbons (Fsp3) is 0.185. The Hall–Kier alpha value is -3.66. The van der Waals surface area contributed by atoms with E-state index >= 15 is 0 Å². The molecular weight excluding hydrogens is 384 g/mol. The summed E-state index contributed by atoms with van der Waals surface area (Å²) in [4.78, 5) is 26.7. The first kappa shape index (κ1) is 22.0. The second-order valence-electron chi connectivity index (χ2n) is 7.45. The highest BCUT2D eigenvalue weighted by Crippen LogP contribution is 2.20. The van der Waals surface area contributed by atoms with Gasteiger partial charge in [0.25, 0.3) is 5.91 Å². The number of hydrogen-bond donors (Lipinski definition) is 1. The first-order valence-electron chi connectivity index (χ1n) is 10.5. The number of rotatable bonds is 8. The van der Waals surface area contributed by atoms with Crippen molar-refractivity contribution in [3.8, 4) is 0 Å². The molecule has 0 aliphatic heterocycles. The molecule has 158 valence electrons. The van der Waals surface area contributed by atoms with Crippen molar-refractivity contribution in [2.24, 2.45) is 0 Å². The van der Waals surface area contributed by atoms with Crippen LogP contribution in [0.5, 0.6) is 0 Å². The fourth-order valence-electron chi connectivity index (χ4n) is 3.35. The fourth-order valence-corrected chi connectivity index (χ4v) is 3.35. The lowest BCUT2D eigenvalue weighted by Crippen LogP contribution is -2.29. The molecule has 0 aliphatic carbocycles. The quantitative estimate of drug-likeness (QED) is 0.534. The van der Waals surface area contributed by atoms with Gasteiger partial charge in [-0.05, 0) is 48.7 Å². The molecular formula is C27H28N2O2. The van der Waals surface area contributed by atoms with Gasteiger partial charge in [-0.3, -0.25) is 9.59 Å². The maximum atomic E-state index is 13.1. The van der Waals surface area contributed by atoms with Crippen molar-refractivity contribution in [2.45, 2.75) is 26.8 Å². The van der Waals surface area contributed by atoms with E-state index in [1.807, 2.05) is 92.7 Å². The van der Waals surface area contributed by atoms with E-state index < -0.39 is 0 Å². The zero-order valence-electron chi connectivity index (χ0n) is 18.0. The van der Waals surface area contributed by atoms with Crippen molar-refractivity contribution in [3.63, 3.8) is 0 Å². The van der Waals surface area contributed by atoms with Gasteiger partial charge in [-0.25, -0.2) is 0 Å². The lowest BCUT2D eigenvalue weighted by atomic mass is 10.1. The van der Waals surface area contributed by atoms with Crippen molar-refractivity contribution >= 4 is 23.6 Å². The van der Waals surface area contributed by atoms with Gasteiger partial charge in [0.1, 0.15) is 0 Å². The van der Waals surface area contributed by atoms with Gasteiger partial charge in [0.2, 0.25) is 5.91 Å². The third-order valence-corrected chi connectivity index (χ3v) is 4.89. The predicted molar refractivity (Wildman–Crippen MR) is 127 cm³/mol. The third-order valence-electron chi connectivity index (χ3n) is 4.89. The predicted octanol–water partition coefficient (Wildman–Crippen LogP) is 4.92. The number of carbonyl (C=O) groups excluding carboxylic acids is 2. The summed E-state index contributed by atoms with van der Waals surface area (Å²) in [6.45, 7) is 5.03. The van der Waals surface area contributed by atoms with Gasteiger partial charge in [0.15, 0.2) is 0 Å². The van der Waals surface area contributed by atoms with Crippen LogP contribution in [0.4, 0.5) is 5.69 Å². The molecule has 0 atom stereocenters. The summed E-state index contributed by atoms with van der Waals surface area (Å²) in [6, 6.07) is 25.5. The molecule has 0 aromatic heterocycles. The molecule has 0 spiro atoms. The van der Waals surface area contributed by atoms with E-state index in [0.717, 1.165) is 27.9 Å². The molecule has 0 saturated carbocycles. The maximum absolute atomic E-state index is 13.1. The summed E-state index contributed by atoms with van der Waals surface area (Å²) in [5, 5.41) is 2.81. The molecule has 0 bridgehead atoms. The topological polar surface area (TPSA) is 49.4 Å². The number of hydrogen-bond acceptors (Lipinski definition) is 2. The van der Waals surface area contributed by atoms with Gasteiger partial charge in [0, 0.05) is 18.3 Å². The first-order valence-corrected chi connectivity index (χ1v) is 10.5. The minimum Gasteiger partial charge on any atom is -0.356 e. The Kier molecular flexibility index (Phi) is 7.77. The number of anilines is 1. The van der Waals surface area contributed by atoms with Gasteiger partial charge >= 0.3 is 0 Å². The molecule has 4 nitrogen and oxygen atoms in total. The summed E-state index contributed by atoms with van der Waals surface area (Å²) >= 11 is 0. The molecule has 3 aromatic carbocycles. The van der Waals surface area contributed by atoms with Crippen LogP contribution in [0, 0.1) is 6.92 Å². The Morgan fingerprint density at radius 3 is 2.32 bits per heavy atom. The number of nitrogens with zero attached hydrogens (tertiary/aromatic N) is 1. The zero-order chi connectivity index (χ0) is 22.1. The van der Waals surface area contributed by atoms with Crippen LogP contribution >= 0.6 is 0 Å². The first-order chi connectivity index (χ1) is 15.0. The molecule has 0 fully saturated rings. The van der Waals surface area contributed by atoms with E-state index in [9.17, 15) is 9.59 Å². The molecule has 3 aromatic rings. The molecule has 0 radical (unpaired) electrons. The van der Waals surface area contributed by atoms with Crippen molar-refractivity contribution in [2.75, 3.05) is 11.4 Å².